The van der Waals surface area contributed by atoms with Gasteiger partial charge in [-0.2, -0.15) is 0 Å². The summed E-state index contributed by atoms with van der Waals surface area (Å²) in [4.78, 5) is 3.37. The van der Waals surface area contributed by atoms with Gasteiger partial charge in [-0.15, -0.1) is 11.3 Å². The van der Waals surface area contributed by atoms with Gasteiger partial charge in [0.05, 0.1) is 0 Å². The minimum Gasteiger partial charge on any atom is -0.326 e. The van der Waals surface area contributed by atoms with Crippen molar-refractivity contribution < 1.29 is 4.39 Å². The Hall–Kier alpha value is -0.970. The summed E-state index contributed by atoms with van der Waals surface area (Å²) in [6, 6.07) is 5.28. The van der Waals surface area contributed by atoms with Crippen LogP contribution in [0.15, 0.2) is 18.2 Å². The lowest BCUT2D eigenvalue weighted by Crippen LogP contribution is -2.20. The van der Waals surface area contributed by atoms with Crippen LogP contribution in [-0.2, 0) is 13.1 Å². The summed E-state index contributed by atoms with van der Waals surface area (Å²) in [7, 11) is 2.10. The molecule has 4 heteroatoms. The average Bonchev–Trinajstić information content (AvgIpc) is 2.78. The van der Waals surface area contributed by atoms with Crippen molar-refractivity contribution in [3.8, 4) is 0 Å². The van der Waals surface area contributed by atoms with Gasteiger partial charge in [0.2, 0.25) is 0 Å². The first-order valence-corrected chi connectivity index (χ1v) is 8.06. The monoisotopic (exact) mass is 294 g/mol. The van der Waals surface area contributed by atoms with E-state index in [1.54, 1.807) is 17.4 Å². The minimum absolute atomic E-state index is 0.129. The maximum Gasteiger partial charge on any atom is 0.132 e. The van der Waals surface area contributed by atoms with E-state index in [0.29, 0.717) is 6.54 Å². The fourth-order valence-corrected chi connectivity index (χ4v) is 3.64. The second-order valence-corrected chi connectivity index (χ2v) is 6.40. The fraction of sp³-hybridized carbons (Fsp3) is 0.500. The molecule has 0 saturated carbocycles. The lowest BCUT2D eigenvalue weighted by atomic mass is 10.1. The third-order valence-electron chi connectivity index (χ3n) is 3.60. The van der Waals surface area contributed by atoms with Crippen LogP contribution in [-0.4, -0.2) is 18.5 Å². The van der Waals surface area contributed by atoms with Crippen molar-refractivity contribution in [2.24, 2.45) is 5.73 Å². The number of hydrogen-bond acceptors (Lipinski definition) is 3. The highest BCUT2D eigenvalue weighted by Gasteiger charge is 2.15. The van der Waals surface area contributed by atoms with E-state index in [1.807, 2.05) is 6.07 Å². The topological polar surface area (TPSA) is 29.3 Å². The number of rotatable bonds is 7. The molecule has 0 aliphatic rings. The Kier molecular flexibility index (Phi) is 5.52. The number of nitrogens with two attached hydrogens (primary N) is 1. The molecule has 2 N–H and O–H groups in total. The summed E-state index contributed by atoms with van der Waals surface area (Å²) in [5.41, 5.74) is 6.91. The first kappa shape index (κ1) is 15.4. The van der Waals surface area contributed by atoms with Crippen LogP contribution in [0, 0.1) is 5.82 Å². The summed E-state index contributed by atoms with van der Waals surface area (Å²) in [5, 5.41) is 0.764. The number of benzene rings is 1. The van der Waals surface area contributed by atoms with Crippen molar-refractivity contribution in [3.05, 3.63) is 34.5 Å². The second kappa shape index (κ2) is 7.16. The van der Waals surface area contributed by atoms with Crippen molar-refractivity contribution in [3.63, 3.8) is 0 Å². The Morgan fingerprint density at radius 3 is 2.80 bits per heavy atom. The largest absolute Gasteiger partial charge is 0.326 e. The van der Waals surface area contributed by atoms with E-state index in [1.165, 1.54) is 25.3 Å². The van der Waals surface area contributed by atoms with Gasteiger partial charge in [0, 0.05) is 28.1 Å². The zero-order valence-electron chi connectivity index (χ0n) is 12.3. The van der Waals surface area contributed by atoms with Crippen LogP contribution >= 0.6 is 11.3 Å². The number of hydrogen-bond donors (Lipinski definition) is 1. The summed E-state index contributed by atoms with van der Waals surface area (Å²) in [6.45, 7) is 4.51. The smallest absolute Gasteiger partial charge is 0.132 e. The van der Waals surface area contributed by atoms with Crippen LogP contribution in [0.4, 0.5) is 4.39 Å². The molecule has 1 aromatic heterocycles. The molecular formula is C16H23FN2S. The minimum atomic E-state index is -0.129. The molecule has 1 heterocycles. The third-order valence-corrected chi connectivity index (χ3v) is 4.82. The number of fused-ring (bicyclic) bond motifs is 1. The number of thiophene rings is 1. The van der Waals surface area contributed by atoms with Gasteiger partial charge >= 0.3 is 0 Å². The van der Waals surface area contributed by atoms with Crippen LogP contribution in [0.25, 0.3) is 10.1 Å². The van der Waals surface area contributed by atoms with Crippen LogP contribution < -0.4 is 5.73 Å². The van der Waals surface area contributed by atoms with Gasteiger partial charge in [-0.25, -0.2) is 4.39 Å². The standard InChI is InChI=1S/C16H23FN2S/c1-3-4-5-9-19(2)11-12-15(10-18)20-14-8-6-7-13(17)16(12)14/h6-8H,3-5,9-11,18H2,1-2H3. The molecule has 2 aromatic rings. The number of unbranched alkanes of at least 4 members (excludes halogenated alkanes) is 2. The highest BCUT2D eigenvalue weighted by Crippen LogP contribution is 2.33. The first-order chi connectivity index (χ1) is 9.67. The van der Waals surface area contributed by atoms with Gasteiger partial charge in [0.1, 0.15) is 5.82 Å². The summed E-state index contributed by atoms with van der Waals surface area (Å²) >= 11 is 1.62. The predicted octanol–water partition coefficient (Wildman–Crippen LogP) is 4.12. The molecule has 0 spiro atoms. The van der Waals surface area contributed by atoms with E-state index >= 15 is 0 Å². The van der Waals surface area contributed by atoms with Gasteiger partial charge in [-0.05, 0) is 37.7 Å². The molecule has 0 amide bonds. The Morgan fingerprint density at radius 2 is 2.10 bits per heavy atom. The van der Waals surface area contributed by atoms with Crippen LogP contribution in [0.1, 0.15) is 36.6 Å². The highest BCUT2D eigenvalue weighted by molar-refractivity contribution is 7.19. The molecular weight excluding hydrogens is 271 g/mol. The molecule has 0 aliphatic heterocycles. The van der Waals surface area contributed by atoms with Gasteiger partial charge in [0.15, 0.2) is 0 Å². The van der Waals surface area contributed by atoms with E-state index in [4.69, 9.17) is 5.73 Å². The van der Waals surface area contributed by atoms with E-state index in [9.17, 15) is 4.39 Å². The maximum absolute atomic E-state index is 14.1. The highest BCUT2D eigenvalue weighted by atomic mass is 32.1. The van der Waals surface area contributed by atoms with Crippen molar-refractivity contribution >= 4 is 21.4 Å². The molecule has 110 valence electrons. The molecule has 0 unspecified atom stereocenters. The molecule has 0 aliphatic carbocycles. The Bertz CT molecular complexity index is 565. The van der Waals surface area contributed by atoms with Crippen LogP contribution in [0.2, 0.25) is 0 Å². The SMILES string of the molecule is CCCCCN(C)Cc1c(CN)sc2cccc(F)c12. The molecule has 20 heavy (non-hydrogen) atoms. The van der Waals surface area contributed by atoms with Gasteiger partial charge in [-0.1, -0.05) is 25.8 Å². The Morgan fingerprint density at radius 1 is 1.30 bits per heavy atom. The zero-order chi connectivity index (χ0) is 14.5. The summed E-state index contributed by atoms with van der Waals surface area (Å²) < 4.78 is 15.1. The van der Waals surface area contributed by atoms with Crippen molar-refractivity contribution in [2.75, 3.05) is 13.6 Å². The van der Waals surface area contributed by atoms with E-state index in [0.717, 1.165) is 33.6 Å². The van der Waals surface area contributed by atoms with Crippen molar-refractivity contribution in [1.82, 2.24) is 4.90 Å². The zero-order valence-corrected chi connectivity index (χ0v) is 13.1. The molecule has 0 bridgehead atoms. The Balaban J connectivity index is 2.23. The number of halogens is 1. The summed E-state index contributed by atoms with van der Waals surface area (Å²) in [5.74, 6) is -0.129. The van der Waals surface area contributed by atoms with Crippen LogP contribution in [0.3, 0.4) is 0 Å². The Labute approximate surface area is 124 Å². The quantitative estimate of drug-likeness (QED) is 0.778. The van der Waals surface area contributed by atoms with Crippen molar-refractivity contribution in [1.29, 1.82) is 0 Å². The fourth-order valence-electron chi connectivity index (χ4n) is 2.53. The van der Waals surface area contributed by atoms with E-state index in [-0.39, 0.29) is 5.82 Å². The predicted molar refractivity (Wildman–Crippen MR) is 85.5 cm³/mol. The van der Waals surface area contributed by atoms with Gasteiger partial charge in [0.25, 0.3) is 0 Å². The molecule has 2 rings (SSSR count). The molecule has 1 aromatic carbocycles. The molecule has 0 saturated heterocycles. The molecule has 0 atom stereocenters. The first-order valence-electron chi connectivity index (χ1n) is 7.24. The molecule has 2 nitrogen and oxygen atoms in total. The van der Waals surface area contributed by atoms with Crippen molar-refractivity contribution in [2.45, 2.75) is 39.3 Å². The summed E-state index contributed by atoms with van der Waals surface area (Å²) in [6.07, 6.45) is 3.65. The lowest BCUT2D eigenvalue weighted by Gasteiger charge is -2.17. The third kappa shape index (κ3) is 3.37. The maximum atomic E-state index is 14.1. The lowest BCUT2D eigenvalue weighted by molar-refractivity contribution is 0.318. The van der Waals surface area contributed by atoms with E-state index < -0.39 is 0 Å². The van der Waals surface area contributed by atoms with Crippen LogP contribution in [0.5, 0.6) is 0 Å². The molecule has 0 fully saturated rings. The van der Waals surface area contributed by atoms with Gasteiger partial charge in [-0.3, -0.25) is 0 Å². The molecule has 0 radical (unpaired) electrons. The van der Waals surface area contributed by atoms with Gasteiger partial charge < -0.3 is 10.6 Å². The average molecular weight is 294 g/mol. The normalized spacial score (nSPS) is 11.7. The van der Waals surface area contributed by atoms with E-state index in [2.05, 4.69) is 18.9 Å². The second-order valence-electron chi connectivity index (χ2n) is 5.27. The number of nitrogens with zero attached hydrogens (tertiary/aromatic N) is 1.